The van der Waals surface area contributed by atoms with Gasteiger partial charge in [0.2, 0.25) is 5.91 Å². The lowest BCUT2D eigenvalue weighted by Crippen LogP contribution is -2.43. The predicted octanol–water partition coefficient (Wildman–Crippen LogP) is 1.39. The minimum atomic E-state index is 0.0431. The number of hydrogen-bond donors (Lipinski definition) is 2. The van der Waals surface area contributed by atoms with Crippen molar-refractivity contribution < 1.29 is 4.79 Å². The first kappa shape index (κ1) is 12.8. The Bertz CT molecular complexity index is 199. The normalized spacial score (nSPS) is 24.4. The zero-order valence-corrected chi connectivity index (χ0v) is 10.5. The molecule has 0 bridgehead atoms. The Labute approximate surface area is 96.8 Å². The van der Waals surface area contributed by atoms with E-state index in [9.17, 15) is 4.79 Å². The highest BCUT2D eigenvalue weighted by atomic mass is 32.2. The van der Waals surface area contributed by atoms with E-state index in [0.717, 1.165) is 38.8 Å². The SMILES string of the molecule is CSC(C)CCNC1CCCCNC1=O. The monoisotopic (exact) mass is 230 g/mol. The van der Waals surface area contributed by atoms with E-state index >= 15 is 0 Å². The highest BCUT2D eigenvalue weighted by Crippen LogP contribution is 2.09. The summed E-state index contributed by atoms with van der Waals surface area (Å²) in [5.74, 6) is 0.185. The highest BCUT2D eigenvalue weighted by molar-refractivity contribution is 7.99. The summed E-state index contributed by atoms with van der Waals surface area (Å²) in [5, 5.41) is 6.96. The van der Waals surface area contributed by atoms with E-state index < -0.39 is 0 Å². The van der Waals surface area contributed by atoms with Crippen LogP contribution >= 0.6 is 11.8 Å². The lowest BCUT2D eigenvalue weighted by Gasteiger charge is -2.16. The zero-order chi connectivity index (χ0) is 11.1. The molecule has 1 heterocycles. The van der Waals surface area contributed by atoms with Crippen molar-refractivity contribution in [3.8, 4) is 0 Å². The fourth-order valence-corrected chi connectivity index (χ4v) is 2.07. The molecule has 1 rings (SSSR count). The minimum Gasteiger partial charge on any atom is -0.355 e. The molecule has 0 spiro atoms. The maximum absolute atomic E-state index is 11.6. The van der Waals surface area contributed by atoms with Gasteiger partial charge in [-0.15, -0.1) is 0 Å². The van der Waals surface area contributed by atoms with Crippen molar-refractivity contribution >= 4 is 17.7 Å². The van der Waals surface area contributed by atoms with Gasteiger partial charge in [-0.1, -0.05) is 6.92 Å². The number of thioether (sulfide) groups is 1. The molecule has 0 aromatic carbocycles. The Morgan fingerprint density at radius 3 is 3.13 bits per heavy atom. The Morgan fingerprint density at radius 1 is 1.60 bits per heavy atom. The molecule has 1 saturated heterocycles. The largest absolute Gasteiger partial charge is 0.355 e. The van der Waals surface area contributed by atoms with Gasteiger partial charge in [-0.2, -0.15) is 11.8 Å². The van der Waals surface area contributed by atoms with E-state index in [1.54, 1.807) is 0 Å². The van der Waals surface area contributed by atoms with Gasteiger partial charge in [0.15, 0.2) is 0 Å². The molecule has 3 nitrogen and oxygen atoms in total. The molecule has 0 saturated carbocycles. The molecule has 1 fully saturated rings. The first-order chi connectivity index (χ1) is 7.24. The molecule has 2 unspecified atom stereocenters. The first-order valence-electron chi connectivity index (χ1n) is 5.78. The lowest BCUT2D eigenvalue weighted by atomic mass is 10.1. The minimum absolute atomic E-state index is 0.0431. The molecular weight excluding hydrogens is 208 g/mol. The summed E-state index contributed by atoms with van der Waals surface area (Å²) >= 11 is 1.88. The molecule has 0 aromatic rings. The van der Waals surface area contributed by atoms with E-state index in [-0.39, 0.29) is 11.9 Å². The summed E-state index contributed by atoms with van der Waals surface area (Å²) in [7, 11) is 0. The number of carbonyl (C=O) groups is 1. The van der Waals surface area contributed by atoms with Crippen molar-refractivity contribution in [2.45, 2.75) is 43.9 Å². The lowest BCUT2D eigenvalue weighted by molar-refractivity contribution is -0.122. The number of carbonyl (C=O) groups excluding carboxylic acids is 1. The van der Waals surface area contributed by atoms with Crippen LogP contribution in [0.3, 0.4) is 0 Å². The van der Waals surface area contributed by atoms with Crippen LogP contribution in [0.25, 0.3) is 0 Å². The first-order valence-corrected chi connectivity index (χ1v) is 7.06. The highest BCUT2D eigenvalue weighted by Gasteiger charge is 2.19. The summed E-state index contributed by atoms with van der Waals surface area (Å²) in [6.07, 6.45) is 6.51. The summed E-state index contributed by atoms with van der Waals surface area (Å²) in [6.45, 7) is 4.01. The third kappa shape index (κ3) is 4.89. The molecule has 1 amide bonds. The maximum atomic E-state index is 11.6. The van der Waals surface area contributed by atoms with Gasteiger partial charge in [0.05, 0.1) is 6.04 Å². The van der Waals surface area contributed by atoms with Crippen LogP contribution in [0, 0.1) is 0 Å². The molecule has 0 radical (unpaired) electrons. The third-order valence-corrected chi connectivity index (χ3v) is 3.92. The molecule has 0 aliphatic carbocycles. The van der Waals surface area contributed by atoms with Gasteiger partial charge in [-0.25, -0.2) is 0 Å². The van der Waals surface area contributed by atoms with Crippen molar-refractivity contribution in [3.05, 3.63) is 0 Å². The van der Waals surface area contributed by atoms with Gasteiger partial charge in [-0.05, 0) is 38.5 Å². The summed E-state index contributed by atoms with van der Waals surface area (Å²) < 4.78 is 0. The summed E-state index contributed by atoms with van der Waals surface area (Å²) in [6, 6.07) is 0.0431. The molecule has 2 atom stereocenters. The van der Waals surface area contributed by atoms with E-state index in [4.69, 9.17) is 0 Å². The fraction of sp³-hybridized carbons (Fsp3) is 0.909. The van der Waals surface area contributed by atoms with Crippen LogP contribution in [0.1, 0.15) is 32.6 Å². The quantitative estimate of drug-likeness (QED) is 0.750. The third-order valence-electron chi connectivity index (χ3n) is 2.88. The van der Waals surface area contributed by atoms with Crippen molar-refractivity contribution in [2.24, 2.45) is 0 Å². The number of nitrogens with one attached hydrogen (secondary N) is 2. The number of amides is 1. The van der Waals surface area contributed by atoms with Crippen LogP contribution in [0.2, 0.25) is 0 Å². The maximum Gasteiger partial charge on any atom is 0.237 e. The standard InChI is InChI=1S/C11H22N2OS/c1-9(15-2)6-8-12-10-5-3-4-7-13-11(10)14/h9-10,12H,3-8H2,1-2H3,(H,13,14). The smallest absolute Gasteiger partial charge is 0.237 e. The molecule has 15 heavy (non-hydrogen) atoms. The van der Waals surface area contributed by atoms with E-state index in [1.165, 1.54) is 0 Å². The Hall–Kier alpha value is -0.220. The van der Waals surface area contributed by atoms with Gasteiger partial charge >= 0.3 is 0 Å². The van der Waals surface area contributed by atoms with E-state index in [1.807, 2.05) is 11.8 Å². The topological polar surface area (TPSA) is 41.1 Å². The van der Waals surface area contributed by atoms with Crippen molar-refractivity contribution in [1.82, 2.24) is 10.6 Å². The molecule has 0 aromatic heterocycles. The molecule has 4 heteroatoms. The van der Waals surface area contributed by atoms with E-state index in [2.05, 4.69) is 23.8 Å². The Balaban J connectivity index is 2.20. The van der Waals surface area contributed by atoms with Crippen LogP contribution < -0.4 is 10.6 Å². The van der Waals surface area contributed by atoms with Gasteiger partial charge in [0.1, 0.15) is 0 Å². The number of hydrogen-bond acceptors (Lipinski definition) is 3. The van der Waals surface area contributed by atoms with Gasteiger partial charge in [-0.3, -0.25) is 4.79 Å². The van der Waals surface area contributed by atoms with Gasteiger partial charge in [0, 0.05) is 11.8 Å². The second-order valence-corrected chi connectivity index (χ2v) is 5.40. The van der Waals surface area contributed by atoms with Gasteiger partial charge in [0.25, 0.3) is 0 Å². The summed E-state index contributed by atoms with van der Waals surface area (Å²) in [4.78, 5) is 11.6. The Morgan fingerprint density at radius 2 is 2.40 bits per heavy atom. The van der Waals surface area contributed by atoms with Crippen LogP contribution in [0.15, 0.2) is 0 Å². The average Bonchev–Trinajstić information content (AvgIpc) is 2.44. The molecule has 2 N–H and O–H groups in total. The fourth-order valence-electron chi connectivity index (χ4n) is 1.71. The predicted molar refractivity (Wildman–Crippen MR) is 66.2 cm³/mol. The zero-order valence-electron chi connectivity index (χ0n) is 9.71. The Kier molecular flexibility index (Phi) is 6.10. The van der Waals surface area contributed by atoms with Crippen LogP contribution in [0.4, 0.5) is 0 Å². The number of rotatable bonds is 5. The second kappa shape index (κ2) is 7.12. The molecular formula is C11H22N2OS. The van der Waals surface area contributed by atoms with Crippen LogP contribution in [-0.2, 0) is 4.79 Å². The molecule has 88 valence electrons. The van der Waals surface area contributed by atoms with Crippen molar-refractivity contribution in [3.63, 3.8) is 0 Å². The molecule has 1 aliphatic heterocycles. The second-order valence-electron chi connectivity index (χ2n) is 4.13. The van der Waals surface area contributed by atoms with Crippen molar-refractivity contribution in [1.29, 1.82) is 0 Å². The average molecular weight is 230 g/mol. The van der Waals surface area contributed by atoms with Crippen LogP contribution in [0.5, 0.6) is 0 Å². The van der Waals surface area contributed by atoms with Gasteiger partial charge < -0.3 is 10.6 Å². The van der Waals surface area contributed by atoms with Crippen LogP contribution in [-0.4, -0.2) is 36.5 Å². The van der Waals surface area contributed by atoms with E-state index in [0.29, 0.717) is 5.25 Å². The summed E-state index contributed by atoms with van der Waals surface area (Å²) in [5.41, 5.74) is 0. The molecule has 1 aliphatic rings. The van der Waals surface area contributed by atoms with Crippen molar-refractivity contribution in [2.75, 3.05) is 19.3 Å².